The first-order valence-electron chi connectivity index (χ1n) is 9.58. The maximum Gasteiger partial charge on any atom is 0.238 e. The van der Waals surface area contributed by atoms with Gasteiger partial charge in [-0.05, 0) is 30.8 Å². The van der Waals surface area contributed by atoms with Gasteiger partial charge in [-0.2, -0.15) is 0 Å². The molecule has 1 N–H and O–H groups in total. The van der Waals surface area contributed by atoms with Crippen molar-refractivity contribution in [2.45, 2.75) is 13.5 Å². The third-order valence-corrected chi connectivity index (χ3v) is 5.11. The summed E-state index contributed by atoms with van der Waals surface area (Å²) < 4.78 is 11.1. The van der Waals surface area contributed by atoms with Crippen molar-refractivity contribution < 1.29 is 14.3 Å². The molecule has 4 rings (SSSR count). The lowest BCUT2D eigenvalue weighted by molar-refractivity contribution is -0.117. The zero-order valence-corrected chi connectivity index (χ0v) is 16.9. The Morgan fingerprint density at radius 1 is 1.14 bits per heavy atom. The molecule has 7 heteroatoms. The highest BCUT2D eigenvalue weighted by molar-refractivity contribution is 6.30. The fourth-order valence-electron chi connectivity index (χ4n) is 3.29. The largest absolute Gasteiger partial charge is 0.486 e. The number of aromatic nitrogens is 1. The summed E-state index contributed by atoms with van der Waals surface area (Å²) >= 11 is 6.37. The number of anilines is 1. The summed E-state index contributed by atoms with van der Waals surface area (Å²) in [6.45, 7) is 4.55. The molecule has 0 unspecified atom stereocenters. The highest BCUT2D eigenvalue weighted by atomic mass is 35.5. The van der Waals surface area contributed by atoms with Crippen LogP contribution in [0.3, 0.4) is 0 Å². The Morgan fingerprint density at radius 3 is 2.76 bits per heavy atom. The smallest absolute Gasteiger partial charge is 0.238 e. The van der Waals surface area contributed by atoms with Gasteiger partial charge in [-0.25, -0.2) is 4.98 Å². The number of ether oxygens (including phenoxy) is 2. The number of carbonyl (C=O) groups excluding carboxylic acids is 1. The fraction of sp³-hybridized carbons (Fsp3) is 0.273. The van der Waals surface area contributed by atoms with E-state index < -0.39 is 0 Å². The average Bonchev–Trinajstić information content (AvgIpc) is 2.73. The molecule has 0 aliphatic carbocycles. The second-order valence-electron chi connectivity index (χ2n) is 6.84. The monoisotopic (exact) mass is 411 g/mol. The molecular weight excluding hydrogens is 390 g/mol. The molecule has 0 saturated carbocycles. The van der Waals surface area contributed by atoms with Crippen molar-refractivity contribution in [2.75, 3.05) is 31.6 Å². The Balaban J connectivity index is 1.42. The van der Waals surface area contributed by atoms with Gasteiger partial charge in [0.05, 0.1) is 12.1 Å². The van der Waals surface area contributed by atoms with Crippen LogP contribution < -0.4 is 14.8 Å². The van der Waals surface area contributed by atoms with E-state index in [1.54, 1.807) is 6.07 Å². The van der Waals surface area contributed by atoms with Gasteiger partial charge < -0.3 is 14.8 Å². The minimum Gasteiger partial charge on any atom is -0.486 e. The number of hydrogen-bond donors (Lipinski definition) is 1. The summed E-state index contributed by atoms with van der Waals surface area (Å²) in [5, 5.41) is 4.42. The van der Waals surface area contributed by atoms with Crippen LogP contribution in [0.15, 0.2) is 48.5 Å². The minimum atomic E-state index is -0.103. The molecule has 0 fully saturated rings. The van der Waals surface area contributed by atoms with E-state index in [1.807, 2.05) is 54.3 Å². The molecule has 3 aromatic rings. The normalized spacial score (nSPS) is 12.9. The summed E-state index contributed by atoms with van der Waals surface area (Å²) in [6, 6.07) is 15.3. The molecule has 1 aliphatic heterocycles. The van der Waals surface area contributed by atoms with Crippen LogP contribution in [0.4, 0.5) is 5.69 Å². The Morgan fingerprint density at radius 2 is 1.93 bits per heavy atom. The standard InChI is InChI=1S/C22H22ClN3O3/c1-2-26(13-16-11-15-5-3-4-6-18(15)25-22(16)23)14-21(27)24-17-7-8-19-20(12-17)29-10-9-28-19/h3-8,11-12H,2,9-10,13-14H2,1H3,(H,24,27). The van der Waals surface area contributed by atoms with Crippen LogP contribution >= 0.6 is 11.6 Å². The molecule has 2 heterocycles. The van der Waals surface area contributed by atoms with Crippen molar-refractivity contribution in [1.29, 1.82) is 0 Å². The van der Waals surface area contributed by atoms with Crippen molar-refractivity contribution in [3.63, 3.8) is 0 Å². The van der Waals surface area contributed by atoms with Crippen LogP contribution in [0.1, 0.15) is 12.5 Å². The van der Waals surface area contributed by atoms with Gasteiger partial charge in [-0.1, -0.05) is 36.7 Å². The van der Waals surface area contributed by atoms with Crippen molar-refractivity contribution in [1.82, 2.24) is 9.88 Å². The number of para-hydroxylation sites is 1. The first kappa shape index (κ1) is 19.5. The molecule has 1 aliphatic rings. The molecule has 29 heavy (non-hydrogen) atoms. The zero-order valence-electron chi connectivity index (χ0n) is 16.2. The predicted octanol–water partition coefficient (Wildman–Crippen LogP) is 4.12. The number of carbonyl (C=O) groups is 1. The molecule has 0 bridgehead atoms. The second kappa shape index (κ2) is 8.68. The molecule has 1 aromatic heterocycles. The van der Waals surface area contributed by atoms with Crippen LogP contribution in [0.25, 0.3) is 10.9 Å². The zero-order chi connectivity index (χ0) is 20.2. The molecular formula is C22H22ClN3O3. The molecule has 2 aromatic carbocycles. The van der Waals surface area contributed by atoms with Crippen molar-refractivity contribution in [3.05, 3.63) is 59.2 Å². The van der Waals surface area contributed by atoms with E-state index in [-0.39, 0.29) is 12.5 Å². The van der Waals surface area contributed by atoms with E-state index in [0.717, 1.165) is 16.5 Å². The van der Waals surface area contributed by atoms with E-state index in [0.29, 0.717) is 48.6 Å². The third-order valence-electron chi connectivity index (χ3n) is 4.78. The predicted molar refractivity (Wildman–Crippen MR) is 114 cm³/mol. The van der Waals surface area contributed by atoms with Gasteiger partial charge in [-0.3, -0.25) is 9.69 Å². The van der Waals surface area contributed by atoms with Crippen molar-refractivity contribution in [3.8, 4) is 11.5 Å². The number of pyridine rings is 1. The SMILES string of the molecule is CCN(CC(=O)Nc1ccc2c(c1)OCCO2)Cc1cc2ccccc2nc1Cl. The van der Waals surface area contributed by atoms with E-state index in [2.05, 4.69) is 10.3 Å². The Bertz CT molecular complexity index is 1040. The maximum atomic E-state index is 12.6. The molecule has 0 radical (unpaired) electrons. The number of nitrogens with zero attached hydrogens (tertiary/aromatic N) is 2. The van der Waals surface area contributed by atoms with E-state index in [1.165, 1.54) is 0 Å². The average molecular weight is 412 g/mol. The first-order valence-corrected chi connectivity index (χ1v) is 9.96. The van der Waals surface area contributed by atoms with Gasteiger partial charge in [0, 0.05) is 29.2 Å². The summed E-state index contributed by atoms with van der Waals surface area (Å²) in [6.07, 6.45) is 0. The number of benzene rings is 2. The van der Waals surface area contributed by atoms with Crippen LogP contribution in [-0.4, -0.2) is 42.1 Å². The van der Waals surface area contributed by atoms with Crippen LogP contribution in [0.5, 0.6) is 11.5 Å². The molecule has 6 nitrogen and oxygen atoms in total. The molecule has 0 atom stereocenters. The van der Waals surface area contributed by atoms with Crippen LogP contribution in [0, 0.1) is 0 Å². The molecule has 150 valence electrons. The highest BCUT2D eigenvalue weighted by Gasteiger charge is 2.15. The number of hydrogen-bond acceptors (Lipinski definition) is 5. The lowest BCUT2D eigenvalue weighted by atomic mass is 10.1. The number of likely N-dealkylation sites (N-methyl/N-ethyl adjacent to an activating group) is 1. The number of fused-ring (bicyclic) bond motifs is 2. The second-order valence-corrected chi connectivity index (χ2v) is 7.20. The Kier molecular flexibility index (Phi) is 5.83. The Hall–Kier alpha value is -2.83. The number of halogens is 1. The quantitative estimate of drug-likeness (QED) is 0.618. The Labute approximate surface area is 174 Å². The number of rotatable bonds is 6. The number of amides is 1. The van der Waals surface area contributed by atoms with Gasteiger partial charge in [0.25, 0.3) is 0 Å². The highest BCUT2D eigenvalue weighted by Crippen LogP contribution is 2.32. The summed E-state index contributed by atoms with van der Waals surface area (Å²) in [5.74, 6) is 1.24. The van der Waals surface area contributed by atoms with Crippen molar-refractivity contribution >= 4 is 34.1 Å². The van der Waals surface area contributed by atoms with Crippen LogP contribution in [0.2, 0.25) is 5.15 Å². The van der Waals surface area contributed by atoms with Gasteiger partial charge in [0.1, 0.15) is 18.4 Å². The topological polar surface area (TPSA) is 63.7 Å². The lowest BCUT2D eigenvalue weighted by Gasteiger charge is -2.21. The summed E-state index contributed by atoms with van der Waals surface area (Å²) in [5.41, 5.74) is 2.45. The van der Waals surface area contributed by atoms with Gasteiger partial charge in [-0.15, -0.1) is 0 Å². The van der Waals surface area contributed by atoms with Gasteiger partial charge in [0.2, 0.25) is 5.91 Å². The van der Waals surface area contributed by atoms with E-state index in [4.69, 9.17) is 21.1 Å². The van der Waals surface area contributed by atoms with Crippen LogP contribution in [-0.2, 0) is 11.3 Å². The summed E-state index contributed by atoms with van der Waals surface area (Å²) in [7, 11) is 0. The summed E-state index contributed by atoms with van der Waals surface area (Å²) in [4.78, 5) is 19.0. The van der Waals surface area contributed by atoms with Gasteiger partial charge >= 0.3 is 0 Å². The lowest BCUT2D eigenvalue weighted by Crippen LogP contribution is -2.33. The third kappa shape index (κ3) is 4.60. The van der Waals surface area contributed by atoms with Gasteiger partial charge in [0.15, 0.2) is 11.5 Å². The van der Waals surface area contributed by atoms with E-state index >= 15 is 0 Å². The molecule has 0 saturated heterocycles. The minimum absolute atomic E-state index is 0.103. The number of nitrogens with one attached hydrogen (secondary N) is 1. The molecule has 0 spiro atoms. The first-order chi connectivity index (χ1) is 14.1. The molecule has 1 amide bonds. The maximum absolute atomic E-state index is 12.6. The van der Waals surface area contributed by atoms with Crippen molar-refractivity contribution in [2.24, 2.45) is 0 Å². The van der Waals surface area contributed by atoms with E-state index in [9.17, 15) is 4.79 Å². The fourth-order valence-corrected chi connectivity index (χ4v) is 3.50.